The monoisotopic (exact) mass is 347 g/mol. The second-order valence-electron chi connectivity index (χ2n) is 6.18. The maximum atomic E-state index is 13.2. The average molecular weight is 347 g/mol. The van der Waals surface area contributed by atoms with Crippen LogP contribution in [0, 0.1) is 12.8 Å². The summed E-state index contributed by atoms with van der Waals surface area (Å²) >= 11 is 0. The SMILES string of the molecule is Cc1ccc(C(=O)N2CCCC(C(=O)c3ccccn3)C2)n1C(F)F. The van der Waals surface area contributed by atoms with Gasteiger partial charge in [-0.3, -0.25) is 19.1 Å². The van der Waals surface area contributed by atoms with Crippen molar-refractivity contribution in [2.24, 2.45) is 5.92 Å². The highest BCUT2D eigenvalue weighted by molar-refractivity contribution is 5.97. The molecule has 0 radical (unpaired) electrons. The number of ketones is 1. The molecule has 1 atom stereocenters. The molecule has 0 spiro atoms. The first-order valence-electron chi connectivity index (χ1n) is 8.19. The van der Waals surface area contributed by atoms with Gasteiger partial charge in [0.15, 0.2) is 5.78 Å². The predicted octanol–water partition coefficient (Wildman–Crippen LogP) is 3.32. The highest BCUT2D eigenvalue weighted by atomic mass is 19.3. The van der Waals surface area contributed by atoms with E-state index in [1.54, 1.807) is 24.4 Å². The van der Waals surface area contributed by atoms with Crippen molar-refractivity contribution in [2.45, 2.75) is 26.3 Å². The molecule has 25 heavy (non-hydrogen) atoms. The van der Waals surface area contributed by atoms with Crippen LogP contribution in [0.15, 0.2) is 36.5 Å². The third-order valence-corrected chi connectivity index (χ3v) is 4.53. The molecule has 3 rings (SSSR count). The van der Waals surface area contributed by atoms with E-state index in [4.69, 9.17) is 0 Å². The molecule has 5 nitrogen and oxygen atoms in total. The molecular formula is C18H19F2N3O2. The fourth-order valence-electron chi connectivity index (χ4n) is 3.24. The van der Waals surface area contributed by atoms with Crippen molar-refractivity contribution in [2.75, 3.05) is 13.1 Å². The third kappa shape index (κ3) is 3.45. The fourth-order valence-corrected chi connectivity index (χ4v) is 3.24. The zero-order chi connectivity index (χ0) is 18.0. The maximum Gasteiger partial charge on any atom is 0.319 e. The van der Waals surface area contributed by atoms with Crippen LogP contribution < -0.4 is 0 Å². The molecule has 7 heteroatoms. The second kappa shape index (κ2) is 7.13. The molecule has 1 fully saturated rings. The first-order valence-corrected chi connectivity index (χ1v) is 8.19. The van der Waals surface area contributed by atoms with Crippen molar-refractivity contribution < 1.29 is 18.4 Å². The molecule has 1 amide bonds. The molecule has 2 aromatic heterocycles. The smallest absolute Gasteiger partial charge is 0.319 e. The van der Waals surface area contributed by atoms with Crippen molar-refractivity contribution in [3.8, 4) is 0 Å². The van der Waals surface area contributed by atoms with Crippen LogP contribution in [0.25, 0.3) is 0 Å². The van der Waals surface area contributed by atoms with Gasteiger partial charge in [0.2, 0.25) is 0 Å². The van der Waals surface area contributed by atoms with Gasteiger partial charge in [-0.25, -0.2) is 0 Å². The molecule has 0 aliphatic carbocycles. The minimum absolute atomic E-state index is 0.0431. The summed E-state index contributed by atoms with van der Waals surface area (Å²) in [5.41, 5.74) is 0.656. The largest absolute Gasteiger partial charge is 0.337 e. The number of halogens is 2. The summed E-state index contributed by atoms with van der Waals surface area (Å²) < 4.78 is 27.1. The number of aryl methyl sites for hydroxylation is 1. The average Bonchev–Trinajstić information content (AvgIpc) is 3.03. The second-order valence-corrected chi connectivity index (χ2v) is 6.18. The molecule has 0 bridgehead atoms. The van der Waals surface area contributed by atoms with Gasteiger partial charge < -0.3 is 4.90 Å². The number of alkyl halides is 2. The number of carbonyl (C=O) groups excluding carboxylic acids is 2. The van der Waals surface area contributed by atoms with E-state index < -0.39 is 12.5 Å². The van der Waals surface area contributed by atoms with Crippen LogP contribution in [0.2, 0.25) is 0 Å². The Morgan fingerprint density at radius 2 is 2.04 bits per heavy atom. The summed E-state index contributed by atoms with van der Waals surface area (Å²) in [6.45, 7) is -0.559. The van der Waals surface area contributed by atoms with E-state index in [0.717, 1.165) is 4.57 Å². The first-order chi connectivity index (χ1) is 12.0. The van der Waals surface area contributed by atoms with E-state index in [2.05, 4.69) is 4.98 Å². The Morgan fingerprint density at radius 1 is 1.24 bits per heavy atom. The quantitative estimate of drug-likeness (QED) is 0.797. The highest BCUT2D eigenvalue weighted by Gasteiger charge is 2.31. The summed E-state index contributed by atoms with van der Waals surface area (Å²) in [5.74, 6) is -0.936. The van der Waals surface area contributed by atoms with E-state index >= 15 is 0 Å². The lowest BCUT2D eigenvalue weighted by Gasteiger charge is -2.32. The van der Waals surface area contributed by atoms with Crippen LogP contribution in [-0.2, 0) is 0 Å². The predicted molar refractivity (Wildman–Crippen MR) is 87.6 cm³/mol. The minimum atomic E-state index is -2.77. The lowest BCUT2D eigenvalue weighted by atomic mass is 9.91. The summed E-state index contributed by atoms with van der Waals surface area (Å²) in [4.78, 5) is 30.8. The number of hydrogen-bond donors (Lipinski definition) is 0. The van der Waals surface area contributed by atoms with E-state index in [1.807, 2.05) is 0 Å². The lowest BCUT2D eigenvalue weighted by molar-refractivity contribution is 0.0502. The number of nitrogens with zero attached hydrogens (tertiary/aromatic N) is 3. The standard InChI is InChI=1S/C18H19F2N3O2/c1-12-7-8-15(23(12)18(19)20)17(25)22-10-4-5-13(11-22)16(24)14-6-2-3-9-21-14/h2-3,6-9,13,18H,4-5,10-11H2,1H3. The fraction of sp³-hybridized carbons (Fsp3) is 0.389. The normalized spacial score (nSPS) is 17.8. The van der Waals surface area contributed by atoms with Gasteiger partial charge in [0.25, 0.3) is 5.91 Å². The minimum Gasteiger partial charge on any atom is -0.337 e. The van der Waals surface area contributed by atoms with E-state index in [-0.39, 0.29) is 23.9 Å². The molecule has 1 aliphatic heterocycles. The van der Waals surface area contributed by atoms with Crippen molar-refractivity contribution in [3.05, 3.63) is 53.6 Å². The summed E-state index contributed by atoms with van der Waals surface area (Å²) in [6.07, 6.45) is 2.87. The van der Waals surface area contributed by atoms with Crippen molar-refractivity contribution >= 4 is 11.7 Å². The number of amides is 1. The van der Waals surface area contributed by atoms with Crippen LogP contribution >= 0.6 is 0 Å². The Bertz CT molecular complexity index is 774. The Kier molecular flexibility index (Phi) is 4.92. The number of pyridine rings is 1. The van der Waals surface area contributed by atoms with Gasteiger partial charge in [0.1, 0.15) is 11.4 Å². The molecule has 3 heterocycles. The third-order valence-electron chi connectivity index (χ3n) is 4.53. The lowest BCUT2D eigenvalue weighted by Crippen LogP contribution is -2.43. The zero-order valence-electron chi connectivity index (χ0n) is 13.9. The molecule has 1 saturated heterocycles. The van der Waals surface area contributed by atoms with Gasteiger partial charge in [-0.1, -0.05) is 6.07 Å². The van der Waals surface area contributed by atoms with Crippen LogP contribution in [0.4, 0.5) is 8.78 Å². The summed E-state index contributed by atoms with van der Waals surface area (Å²) in [7, 11) is 0. The van der Waals surface area contributed by atoms with Crippen molar-refractivity contribution in [1.82, 2.24) is 14.5 Å². The number of likely N-dealkylation sites (tertiary alicyclic amines) is 1. The Morgan fingerprint density at radius 3 is 2.72 bits per heavy atom. The van der Waals surface area contributed by atoms with E-state index in [1.165, 1.54) is 24.0 Å². The number of rotatable bonds is 4. The van der Waals surface area contributed by atoms with Crippen LogP contribution in [0.1, 0.15) is 46.1 Å². The zero-order valence-corrected chi connectivity index (χ0v) is 13.9. The number of Topliss-reactive ketones (excluding diaryl/α,β-unsaturated/α-hetero) is 1. The molecule has 2 aromatic rings. The van der Waals surface area contributed by atoms with Crippen LogP contribution in [0.5, 0.6) is 0 Å². The van der Waals surface area contributed by atoms with Gasteiger partial charge in [0.05, 0.1) is 0 Å². The molecule has 0 aromatic carbocycles. The Balaban J connectivity index is 1.78. The van der Waals surface area contributed by atoms with Gasteiger partial charge in [-0.15, -0.1) is 0 Å². The van der Waals surface area contributed by atoms with Gasteiger partial charge in [-0.05, 0) is 44.0 Å². The summed E-state index contributed by atoms with van der Waals surface area (Å²) in [5, 5.41) is 0. The molecule has 0 N–H and O–H groups in total. The number of aromatic nitrogens is 2. The number of piperidine rings is 1. The molecule has 1 unspecified atom stereocenters. The Hall–Kier alpha value is -2.57. The number of carbonyl (C=O) groups is 2. The van der Waals surface area contributed by atoms with Crippen LogP contribution in [0.3, 0.4) is 0 Å². The maximum absolute atomic E-state index is 13.2. The number of hydrogen-bond acceptors (Lipinski definition) is 3. The van der Waals surface area contributed by atoms with Gasteiger partial charge >= 0.3 is 6.55 Å². The summed E-state index contributed by atoms with van der Waals surface area (Å²) in [6, 6.07) is 8.03. The van der Waals surface area contributed by atoms with E-state index in [0.29, 0.717) is 30.8 Å². The van der Waals surface area contributed by atoms with Crippen molar-refractivity contribution in [1.29, 1.82) is 0 Å². The highest BCUT2D eigenvalue weighted by Crippen LogP contribution is 2.24. The molecule has 1 aliphatic rings. The van der Waals surface area contributed by atoms with Crippen LogP contribution in [-0.4, -0.2) is 39.2 Å². The molecular weight excluding hydrogens is 328 g/mol. The van der Waals surface area contributed by atoms with Gasteiger partial charge in [-0.2, -0.15) is 8.78 Å². The Labute approximate surface area is 144 Å². The first kappa shape index (κ1) is 17.3. The molecule has 132 valence electrons. The van der Waals surface area contributed by atoms with Crippen molar-refractivity contribution in [3.63, 3.8) is 0 Å². The molecule has 0 saturated carbocycles. The topological polar surface area (TPSA) is 55.2 Å². The van der Waals surface area contributed by atoms with Gasteiger partial charge in [0, 0.05) is 30.9 Å². The van der Waals surface area contributed by atoms with E-state index in [9.17, 15) is 18.4 Å².